The lowest BCUT2D eigenvalue weighted by molar-refractivity contribution is 0.185. The number of anilines is 1. The van der Waals surface area contributed by atoms with E-state index in [0.29, 0.717) is 6.61 Å². The highest BCUT2D eigenvalue weighted by molar-refractivity contribution is 5.48. The first-order chi connectivity index (χ1) is 7.29. The van der Waals surface area contributed by atoms with Gasteiger partial charge in [0.25, 0.3) is 0 Å². The standard InChI is InChI=1S/C12H17NO2/c1-15-9-10-2-4-11(5-3-10)13-7-6-12(14)8-13/h2-5,12,14H,6-9H2,1H3/t12-/m1/s1. The maximum absolute atomic E-state index is 9.44. The molecule has 1 aliphatic rings. The zero-order valence-corrected chi connectivity index (χ0v) is 9.02. The van der Waals surface area contributed by atoms with Crippen LogP contribution in [0.4, 0.5) is 5.69 Å². The minimum Gasteiger partial charge on any atom is -0.391 e. The van der Waals surface area contributed by atoms with Crippen LogP contribution >= 0.6 is 0 Å². The smallest absolute Gasteiger partial charge is 0.0731 e. The summed E-state index contributed by atoms with van der Waals surface area (Å²) in [7, 11) is 1.70. The first kappa shape index (κ1) is 10.5. The maximum Gasteiger partial charge on any atom is 0.0731 e. The van der Waals surface area contributed by atoms with E-state index in [-0.39, 0.29) is 6.10 Å². The number of ether oxygens (including phenoxy) is 1. The van der Waals surface area contributed by atoms with Gasteiger partial charge in [0.05, 0.1) is 12.7 Å². The highest BCUT2D eigenvalue weighted by Crippen LogP contribution is 2.20. The largest absolute Gasteiger partial charge is 0.391 e. The van der Waals surface area contributed by atoms with Gasteiger partial charge < -0.3 is 14.7 Å². The number of nitrogens with zero attached hydrogens (tertiary/aromatic N) is 1. The average Bonchev–Trinajstić information content (AvgIpc) is 2.67. The van der Waals surface area contributed by atoms with Gasteiger partial charge in [-0.2, -0.15) is 0 Å². The molecule has 0 unspecified atom stereocenters. The first-order valence-electron chi connectivity index (χ1n) is 5.30. The molecule has 2 rings (SSSR count). The summed E-state index contributed by atoms with van der Waals surface area (Å²) >= 11 is 0. The Hall–Kier alpha value is -1.06. The Morgan fingerprint density at radius 2 is 2.13 bits per heavy atom. The van der Waals surface area contributed by atoms with Crippen molar-refractivity contribution in [2.24, 2.45) is 0 Å². The van der Waals surface area contributed by atoms with E-state index in [4.69, 9.17) is 4.74 Å². The van der Waals surface area contributed by atoms with Crippen molar-refractivity contribution in [3.05, 3.63) is 29.8 Å². The third kappa shape index (κ3) is 2.49. The average molecular weight is 207 g/mol. The fourth-order valence-corrected chi connectivity index (χ4v) is 1.95. The lowest BCUT2D eigenvalue weighted by atomic mass is 10.2. The lowest BCUT2D eigenvalue weighted by Gasteiger charge is -2.17. The Kier molecular flexibility index (Phi) is 3.23. The van der Waals surface area contributed by atoms with Crippen LogP contribution in [0.1, 0.15) is 12.0 Å². The number of aliphatic hydroxyl groups excluding tert-OH is 1. The zero-order valence-electron chi connectivity index (χ0n) is 9.02. The summed E-state index contributed by atoms with van der Waals surface area (Å²) in [6, 6.07) is 8.33. The third-order valence-electron chi connectivity index (χ3n) is 2.78. The van der Waals surface area contributed by atoms with Crippen molar-refractivity contribution in [3.63, 3.8) is 0 Å². The lowest BCUT2D eigenvalue weighted by Crippen LogP contribution is -2.20. The second kappa shape index (κ2) is 4.64. The third-order valence-corrected chi connectivity index (χ3v) is 2.78. The molecule has 1 saturated heterocycles. The van der Waals surface area contributed by atoms with Gasteiger partial charge in [-0.1, -0.05) is 12.1 Å². The van der Waals surface area contributed by atoms with Gasteiger partial charge in [-0.15, -0.1) is 0 Å². The van der Waals surface area contributed by atoms with Crippen LogP contribution in [0, 0.1) is 0 Å². The molecule has 1 N–H and O–H groups in total. The Bertz CT molecular complexity index is 310. The van der Waals surface area contributed by atoms with Gasteiger partial charge in [-0.05, 0) is 24.1 Å². The van der Waals surface area contributed by atoms with Crippen LogP contribution in [-0.2, 0) is 11.3 Å². The van der Waals surface area contributed by atoms with Crippen LogP contribution in [0.2, 0.25) is 0 Å². The molecule has 0 spiro atoms. The van der Waals surface area contributed by atoms with Gasteiger partial charge in [0.15, 0.2) is 0 Å². The number of rotatable bonds is 3. The van der Waals surface area contributed by atoms with Gasteiger partial charge in [0.1, 0.15) is 0 Å². The Balaban J connectivity index is 2.03. The summed E-state index contributed by atoms with van der Waals surface area (Å²) in [5.74, 6) is 0. The molecule has 0 amide bonds. The molecule has 1 atom stereocenters. The van der Waals surface area contributed by atoms with E-state index < -0.39 is 0 Å². The summed E-state index contributed by atoms with van der Waals surface area (Å²) in [5.41, 5.74) is 2.37. The van der Waals surface area contributed by atoms with E-state index >= 15 is 0 Å². The summed E-state index contributed by atoms with van der Waals surface area (Å²) in [6.07, 6.45) is 0.712. The number of β-amino-alcohol motifs (C(OH)–C–C–N with tert-alkyl or cyclic N) is 1. The molecule has 0 aromatic heterocycles. The van der Waals surface area contributed by atoms with E-state index in [1.807, 2.05) is 0 Å². The molecule has 3 nitrogen and oxygen atoms in total. The number of hydrogen-bond donors (Lipinski definition) is 1. The topological polar surface area (TPSA) is 32.7 Å². The molecule has 0 bridgehead atoms. The second-order valence-electron chi connectivity index (χ2n) is 3.99. The van der Waals surface area contributed by atoms with Gasteiger partial charge in [0, 0.05) is 25.9 Å². The number of benzene rings is 1. The minimum atomic E-state index is -0.163. The van der Waals surface area contributed by atoms with Crippen LogP contribution in [0.25, 0.3) is 0 Å². The Labute approximate surface area is 90.3 Å². The second-order valence-corrected chi connectivity index (χ2v) is 3.99. The van der Waals surface area contributed by atoms with Crippen molar-refractivity contribution in [3.8, 4) is 0 Å². The van der Waals surface area contributed by atoms with Crippen molar-refractivity contribution in [2.75, 3.05) is 25.1 Å². The minimum absolute atomic E-state index is 0.163. The molecule has 15 heavy (non-hydrogen) atoms. The molecule has 3 heteroatoms. The van der Waals surface area contributed by atoms with Gasteiger partial charge in [-0.25, -0.2) is 0 Å². The van der Waals surface area contributed by atoms with Crippen molar-refractivity contribution in [1.29, 1.82) is 0 Å². The highest BCUT2D eigenvalue weighted by Gasteiger charge is 2.19. The molecule has 0 aliphatic carbocycles. The van der Waals surface area contributed by atoms with Crippen molar-refractivity contribution < 1.29 is 9.84 Å². The molecular weight excluding hydrogens is 190 g/mol. The van der Waals surface area contributed by atoms with E-state index in [0.717, 1.165) is 19.5 Å². The summed E-state index contributed by atoms with van der Waals surface area (Å²) in [6.45, 7) is 2.36. The molecule has 1 fully saturated rings. The molecule has 1 heterocycles. The Morgan fingerprint density at radius 3 is 2.67 bits per heavy atom. The van der Waals surface area contributed by atoms with Gasteiger partial charge >= 0.3 is 0 Å². The fourth-order valence-electron chi connectivity index (χ4n) is 1.95. The number of methoxy groups -OCH3 is 1. The van der Waals surface area contributed by atoms with Crippen LogP contribution in [0.15, 0.2) is 24.3 Å². The maximum atomic E-state index is 9.44. The summed E-state index contributed by atoms with van der Waals surface area (Å²) in [4.78, 5) is 2.21. The molecule has 1 aromatic rings. The van der Waals surface area contributed by atoms with Gasteiger partial charge in [0.2, 0.25) is 0 Å². The Morgan fingerprint density at radius 1 is 1.40 bits per heavy atom. The molecule has 0 radical (unpaired) electrons. The van der Waals surface area contributed by atoms with Crippen molar-refractivity contribution in [2.45, 2.75) is 19.1 Å². The van der Waals surface area contributed by atoms with E-state index in [1.54, 1.807) is 7.11 Å². The predicted molar refractivity (Wildman–Crippen MR) is 60.0 cm³/mol. The van der Waals surface area contributed by atoms with Crippen molar-refractivity contribution in [1.82, 2.24) is 0 Å². The molecular formula is C12H17NO2. The monoisotopic (exact) mass is 207 g/mol. The molecule has 0 saturated carbocycles. The summed E-state index contributed by atoms with van der Waals surface area (Å²) < 4.78 is 5.06. The fraction of sp³-hybridized carbons (Fsp3) is 0.500. The predicted octanol–water partition coefficient (Wildman–Crippen LogP) is 1.40. The quantitative estimate of drug-likeness (QED) is 0.813. The van der Waals surface area contributed by atoms with Crippen LogP contribution in [0.5, 0.6) is 0 Å². The molecule has 1 aromatic carbocycles. The van der Waals surface area contributed by atoms with Crippen LogP contribution in [0.3, 0.4) is 0 Å². The molecule has 82 valence electrons. The van der Waals surface area contributed by atoms with Crippen LogP contribution in [-0.4, -0.2) is 31.4 Å². The zero-order chi connectivity index (χ0) is 10.7. The number of hydrogen-bond acceptors (Lipinski definition) is 3. The van der Waals surface area contributed by atoms with E-state index in [9.17, 15) is 5.11 Å². The van der Waals surface area contributed by atoms with Gasteiger partial charge in [-0.3, -0.25) is 0 Å². The normalized spacial score (nSPS) is 20.9. The SMILES string of the molecule is COCc1ccc(N2CC[C@@H](O)C2)cc1. The van der Waals surface area contributed by atoms with E-state index in [2.05, 4.69) is 29.2 Å². The highest BCUT2D eigenvalue weighted by atomic mass is 16.5. The summed E-state index contributed by atoms with van der Waals surface area (Å²) in [5, 5.41) is 9.44. The van der Waals surface area contributed by atoms with Crippen molar-refractivity contribution >= 4 is 5.69 Å². The number of aliphatic hydroxyl groups is 1. The molecule has 1 aliphatic heterocycles. The van der Waals surface area contributed by atoms with Crippen LogP contribution < -0.4 is 4.90 Å². The first-order valence-corrected chi connectivity index (χ1v) is 5.30. The van der Waals surface area contributed by atoms with E-state index in [1.165, 1.54) is 11.3 Å².